The topological polar surface area (TPSA) is 29.1 Å². The summed E-state index contributed by atoms with van der Waals surface area (Å²) in [5.74, 6) is 0.590. The molecule has 0 spiro atoms. The van der Waals surface area contributed by atoms with Crippen LogP contribution < -0.4 is 5.32 Å². The van der Waals surface area contributed by atoms with Crippen LogP contribution in [0.15, 0.2) is 0 Å². The first-order valence-corrected chi connectivity index (χ1v) is 4.45. The summed E-state index contributed by atoms with van der Waals surface area (Å²) in [4.78, 5) is 11.2. The minimum atomic E-state index is -0.109. The summed E-state index contributed by atoms with van der Waals surface area (Å²) < 4.78 is 0. The molecule has 0 aromatic carbocycles. The molecule has 0 unspecified atom stereocenters. The van der Waals surface area contributed by atoms with Crippen LogP contribution in [0.5, 0.6) is 0 Å². The maximum Gasteiger partial charge on any atom is 0.220 e. The fraction of sp³-hybridized carbons (Fsp3) is 0.800. The Morgan fingerprint density at radius 3 is 2.25 bits per heavy atom. The second kappa shape index (κ2) is 4.48. The van der Waals surface area contributed by atoms with Gasteiger partial charge in [0, 0.05) is 12.0 Å². The summed E-state index contributed by atoms with van der Waals surface area (Å²) in [6, 6.07) is 0. The van der Waals surface area contributed by atoms with Gasteiger partial charge in [-0.05, 0) is 33.1 Å². The van der Waals surface area contributed by atoms with Gasteiger partial charge in [0.2, 0.25) is 5.91 Å². The third kappa shape index (κ3) is 7.58. The lowest BCUT2D eigenvalue weighted by Gasteiger charge is -2.20. The van der Waals surface area contributed by atoms with Gasteiger partial charge in [-0.3, -0.25) is 4.79 Å². The lowest BCUT2D eigenvalue weighted by Crippen LogP contribution is -2.40. The summed E-state index contributed by atoms with van der Waals surface area (Å²) in [6.45, 7) is 10.1. The van der Waals surface area contributed by atoms with Gasteiger partial charge in [0.1, 0.15) is 0 Å². The largest absolute Gasteiger partial charge is 0.352 e. The van der Waals surface area contributed by atoms with Crippen molar-refractivity contribution >= 4 is 5.91 Å². The summed E-state index contributed by atoms with van der Waals surface area (Å²) >= 11 is 0. The van der Waals surface area contributed by atoms with E-state index in [1.54, 1.807) is 0 Å². The van der Waals surface area contributed by atoms with Crippen LogP contribution in [0.25, 0.3) is 0 Å². The first-order chi connectivity index (χ1) is 5.31. The number of rotatable bonds is 3. The minimum Gasteiger partial charge on any atom is -0.352 e. The van der Waals surface area contributed by atoms with Crippen LogP contribution >= 0.6 is 0 Å². The predicted octanol–water partition coefficient (Wildman–Crippen LogP) is 2.15. The Balaban J connectivity index is 3.61. The van der Waals surface area contributed by atoms with Gasteiger partial charge in [0.15, 0.2) is 0 Å². The lowest BCUT2D eigenvalue weighted by molar-refractivity contribution is -0.122. The average Bonchev–Trinajstić information content (AvgIpc) is 1.79. The molecule has 0 fully saturated rings. The van der Waals surface area contributed by atoms with Crippen molar-refractivity contribution in [3.05, 3.63) is 6.42 Å². The SMILES string of the molecule is CC(C)[CH]CC(=O)NC(C)(C)C. The van der Waals surface area contributed by atoms with Crippen molar-refractivity contribution in [3.8, 4) is 0 Å². The van der Waals surface area contributed by atoms with Crippen LogP contribution in [0.3, 0.4) is 0 Å². The Morgan fingerprint density at radius 1 is 1.42 bits per heavy atom. The van der Waals surface area contributed by atoms with E-state index < -0.39 is 0 Å². The lowest BCUT2D eigenvalue weighted by atomic mass is 10.1. The molecule has 0 aliphatic rings. The van der Waals surface area contributed by atoms with Crippen LogP contribution in [0.1, 0.15) is 41.0 Å². The monoisotopic (exact) mass is 170 g/mol. The molecular weight excluding hydrogens is 150 g/mol. The van der Waals surface area contributed by atoms with Crippen LogP contribution in [0, 0.1) is 12.3 Å². The van der Waals surface area contributed by atoms with Crippen LogP contribution in [0.2, 0.25) is 0 Å². The molecule has 0 saturated heterocycles. The van der Waals surface area contributed by atoms with E-state index in [0.717, 1.165) is 0 Å². The summed E-state index contributed by atoms with van der Waals surface area (Å²) in [6.07, 6.45) is 2.54. The molecule has 0 aromatic heterocycles. The van der Waals surface area contributed by atoms with Crippen molar-refractivity contribution in [2.75, 3.05) is 0 Å². The van der Waals surface area contributed by atoms with Gasteiger partial charge in [0.05, 0.1) is 0 Å². The Morgan fingerprint density at radius 2 is 1.92 bits per heavy atom. The summed E-state index contributed by atoms with van der Waals surface area (Å²) in [5, 5.41) is 2.90. The summed E-state index contributed by atoms with van der Waals surface area (Å²) in [5.41, 5.74) is -0.109. The zero-order valence-corrected chi connectivity index (χ0v) is 8.77. The number of hydrogen-bond donors (Lipinski definition) is 1. The summed E-state index contributed by atoms with van der Waals surface area (Å²) in [7, 11) is 0. The Kier molecular flexibility index (Phi) is 4.29. The van der Waals surface area contributed by atoms with Gasteiger partial charge in [-0.2, -0.15) is 0 Å². The maximum atomic E-state index is 11.2. The highest BCUT2D eigenvalue weighted by molar-refractivity contribution is 5.77. The number of nitrogens with one attached hydrogen (secondary N) is 1. The van der Waals surface area contributed by atoms with E-state index in [4.69, 9.17) is 0 Å². The van der Waals surface area contributed by atoms with E-state index >= 15 is 0 Å². The minimum absolute atomic E-state index is 0.108. The van der Waals surface area contributed by atoms with Gasteiger partial charge in [0.25, 0.3) is 0 Å². The molecule has 2 nitrogen and oxygen atoms in total. The molecule has 0 rings (SSSR count). The van der Waals surface area contributed by atoms with E-state index in [-0.39, 0.29) is 11.4 Å². The molecule has 12 heavy (non-hydrogen) atoms. The van der Waals surface area contributed by atoms with Gasteiger partial charge >= 0.3 is 0 Å². The molecule has 2 heteroatoms. The standard InChI is InChI=1S/C10H20NO/c1-8(2)6-7-9(12)11-10(3,4)5/h6,8H,7H2,1-5H3,(H,11,12). The maximum absolute atomic E-state index is 11.2. The quantitative estimate of drug-likeness (QED) is 0.691. The highest BCUT2D eigenvalue weighted by Crippen LogP contribution is 2.04. The smallest absolute Gasteiger partial charge is 0.220 e. The first kappa shape index (κ1) is 11.5. The van der Waals surface area contributed by atoms with E-state index in [2.05, 4.69) is 19.2 Å². The molecule has 0 saturated carbocycles. The molecule has 0 atom stereocenters. The van der Waals surface area contributed by atoms with Crippen molar-refractivity contribution in [3.63, 3.8) is 0 Å². The molecule has 0 aliphatic carbocycles. The van der Waals surface area contributed by atoms with E-state index in [1.165, 1.54) is 0 Å². The molecule has 0 aromatic rings. The van der Waals surface area contributed by atoms with Crippen LogP contribution in [0.4, 0.5) is 0 Å². The average molecular weight is 170 g/mol. The zero-order valence-electron chi connectivity index (χ0n) is 8.77. The number of carbonyl (C=O) groups is 1. The number of hydrogen-bond acceptors (Lipinski definition) is 1. The Bertz CT molecular complexity index is 144. The molecule has 0 aliphatic heterocycles. The molecule has 1 amide bonds. The van der Waals surface area contributed by atoms with Gasteiger partial charge < -0.3 is 5.32 Å². The van der Waals surface area contributed by atoms with E-state index in [9.17, 15) is 4.79 Å². The van der Waals surface area contributed by atoms with Crippen molar-refractivity contribution in [1.82, 2.24) is 5.32 Å². The van der Waals surface area contributed by atoms with Gasteiger partial charge in [-0.15, -0.1) is 0 Å². The molecule has 0 bridgehead atoms. The number of carbonyl (C=O) groups excluding carboxylic acids is 1. The van der Waals surface area contributed by atoms with Crippen molar-refractivity contribution in [2.45, 2.75) is 46.6 Å². The zero-order chi connectivity index (χ0) is 9.78. The molecule has 0 heterocycles. The molecule has 1 N–H and O–H groups in total. The molecule has 1 radical (unpaired) electrons. The van der Waals surface area contributed by atoms with E-state index in [1.807, 2.05) is 27.2 Å². The fourth-order valence-electron chi connectivity index (χ4n) is 0.812. The fourth-order valence-corrected chi connectivity index (χ4v) is 0.812. The Labute approximate surface area is 75.7 Å². The normalized spacial score (nSPS) is 11.8. The first-order valence-electron chi connectivity index (χ1n) is 4.45. The highest BCUT2D eigenvalue weighted by atomic mass is 16.1. The highest BCUT2D eigenvalue weighted by Gasteiger charge is 2.13. The van der Waals surface area contributed by atoms with Crippen LogP contribution in [-0.2, 0) is 4.79 Å². The van der Waals surface area contributed by atoms with Crippen molar-refractivity contribution in [2.24, 2.45) is 5.92 Å². The molecule has 71 valence electrons. The second-order valence-corrected chi connectivity index (χ2v) is 4.48. The van der Waals surface area contributed by atoms with Crippen molar-refractivity contribution in [1.29, 1.82) is 0 Å². The number of amides is 1. The van der Waals surface area contributed by atoms with Crippen molar-refractivity contribution < 1.29 is 4.79 Å². The third-order valence-electron chi connectivity index (χ3n) is 1.29. The van der Waals surface area contributed by atoms with Crippen LogP contribution in [-0.4, -0.2) is 11.4 Å². The van der Waals surface area contributed by atoms with Gasteiger partial charge in [-0.1, -0.05) is 13.8 Å². The Hall–Kier alpha value is -0.530. The van der Waals surface area contributed by atoms with E-state index in [0.29, 0.717) is 12.3 Å². The second-order valence-electron chi connectivity index (χ2n) is 4.48. The third-order valence-corrected chi connectivity index (χ3v) is 1.29. The molecular formula is C10H20NO. The predicted molar refractivity (Wildman–Crippen MR) is 51.7 cm³/mol. The van der Waals surface area contributed by atoms with Gasteiger partial charge in [-0.25, -0.2) is 0 Å².